The van der Waals surface area contributed by atoms with E-state index in [1.807, 2.05) is 24.3 Å². The molecule has 3 heterocycles. The first-order chi connectivity index (χ1) is 13.3. The Balaban J connectivity index is 1.39. The number of carbonyl (C=O) groups is 3. The van der Waals surface area contributed by atoms with Gasteiger partial charge in [0.15, 0.2) is 9.84 Å². The maximum Gasteiger partial charge on any atom is 0.325 e. The second kappa shape index (κ2) is 6.93. The first-order valence-corrected chi connectivity index (χ1v) is 10.8. The van der Waals surface area contributed by atoms with Crippen LogP contribution in [0, 0.1) is 0 Å². The zero-order valence-electron chi connectivity index (χ0n) is 15.0. The summed E-state index contributed by atoms with van der Waals surface area (Å²) >= 11 is 0. The van der Waals surface area contributed by atoms with Gasteiger partial charge in [-0.25, -0.2) is 13.2 Å². The van der Waals surface area contributed by atoms with Crippen LogP contribution >= 0.6 is 0 Å². The lowest BCUT2D eigenvalue weighted by molar-refractivity contribution is -0.132. The molecular formula is C18H20N4O5S. The molecule has 28 heavy (non-hydrogen) atoms. The van der Waals surface area contributed by atoms with E-state index in [2.05, 4.69) is 15.6 Å². The van der Waals surface area contributed by atoms with Crippen molar-refractivity contribution in [2.45, 2.75) is 24.9 Å². The van der Waals surface area contributed by atoms with E-state index in [-0.39, 0.29) is 11.5 Å². The summed E-state index contributed by atoms with van der Waals surface area (Å²) in [6.45, 7) is -0.425. The third kappa shape index (κ3) is 3.59. The topological polar surface area (TPSA) is 128 Å². The third-order valence-corrected chi connectivity index (χ3v) is 6.87. The molecule has 0 radical (unpaired) electrons. The molecule has 4 amide bonds. The molecule has 2 atom stereocenters. The van der Waals surface area contributed by atoms with Gasteiger partial charge >= 0.3 is 6.03 Å². The largest absolute Gasteiger partial charge is 0.361 e. The summed E-state index contributed by atoms with van der Waals surface area (Å²) in [6, 6.07) is 5.82. The minimum Gasteiger partial charge on any atom is -0.361 e. The number of nitrogens with zero attached hydrogens (tertiary/aromatic N) is 1. The molecule has 4 rings (SSSR count). The number of rotatable bonds is 5. The summed E-state index contributed by atoms with van der Waals surface area (Å²) < 4.78 is 23.0. The van der Waals surface area contributed by atoms with Crippen molar-refractivity contribution in [1.29, 1.82) is 0 Å². The first-order valence-electron chi connectivity index (χ1n) is 8.99. The van der Waals surface area contributed by atoms with Gasteiger partial charge in [0.25, 0.3) is 5.91 Å². The average Bonchev–Trinajstić information content (AvgIpc) is 3.28. The molecule has 0 saturated carbocycles. The Kier molecular flexibility index (Phi) is 4.58. The highest BCUT2D eigenvalue weighted by molar-refractivity contribution is 7.91. The highest BCUT2D eigenvalue weighted by atomic mass is 32.2. The molecule has 2 aromatic rings. The van der Waals surface area contributed by atoms with Crippen molar-refractivity contribution in [2.24, 2.45) is 0 Å². The number of hydrogen-bond acceptors (Lipinski definition) is 5. The molecular weight excluding hydrogens is 384 g/mol. The van der Waals surface area contributed by atoms with Crippen molar-refractivity contribution >= 4 is 38.6 Å². The standard InChI is InChI=1S/C18H20N4O5S/c23-16(20-12-5-6-28(26,27)10-12)9-22-17(24)15(21-18(22)25)7-11-8-19-14-4-2-1-3-13(11)14/h1-4,8,12,15,19H,5-7,9-10H2,(H,20,23)(H,21,25). The van der Waals surface area contributed by atoms with Crippen LogP contribution in [-0.2, 0) is 25.8 Å². The van der Waals surface area contributed by atoms with Crippen LogP contribution in [-0.4, -0.2) is 66.3 Å². The lowest BCUT2D eigenvalue weighted by atomic mass is 10.1. The summed E-state index contributed by atoms with van der Waals surface area (Å²) in [7, 11) is -3.12. The van der Waals surface area contributed by atoms with E-state index in [1.165, 1.54) is 0 Å². The number of sulfone groups is 1. The molecule has 1 aromatic heterocycles. The minimum atomic E-state index is -3.12. The van der Waals surface area contributed by atoms with E-state index in [0.29, 0.717) is 12.8 Å². The van der Waals surface area contributed by atoms with E-state index in [4.69, 9.17) is 0 Å². The Labute approximate surface area is 161 Å². The number of carbonyl (C=O) groups excluding carboxylic acids is 3. The molecule has 148 valence electrons. The van der Waals surface area contributed by atoms with Crippen LogP contribution in [0.5, 0.6) is 0 Å². The molecule has 0 spiro atoms. The van der Waals surface area contributed by atoms with Gasteiger partial charge in [-0.15, -0.1) is 0 Å². The third-order valence-electron chi connectivity index (χ3n) is 5.11. The van der Waals surface area contributed by atoms with Gasteiger partial charge in [-0.2, -0.15) is 0 Å². The fourth-order valence-electron chi connectivity index (χ4n) is 3.71. The number of aromatic nitrogens is 1. The van der Waals surface area contributed by atoms with Crippen molar-refractivity contribution in [3.8, 4) is 0 Å². The Hall–Kier alpha value is -2.88. The number of imide groups is 1. The fourth-order valence-corrected chi connectivity index (χ4v) is 5.38. The van der Waals surface area contributed by atoms with Crippen LogP contribution in [0.25, 0.3) is 10.9 Å². The van der Waals surface area contributed by atoms with Gasteiger partial charge in [-0.3, -0.25) is 14.5 Å². The predicted octanol–water partition coefficient (Wildman–Crippen LogP) is -0.0659. The van der Waals surface area contributed by atoms with Gasteiger partial charge in [0, 0.05) is 29.6 Å². The monoisotopic (exact) mass is 404 g/mol. The van der Waals surface area contributed by atoms with Gasteiger partial charge in [0.2, 0.25) is 5.91 Å². The zero-order chi connectivity index (χ0) is 19.9. The number of H-pyrrole nitrogens is 1. The number of aromatic amines is 1. The SMILES string of the molecule is O=C(CN1C(=O)NC(Cc2c[nH]c3ccccc23)C1=O)NC1CCS(=O)(=O)C1. The molecule has 9 nitrogen and oxygen atoms in total. The minimum absolute atomic E-state index is 0.0355. The Morgan fingerprint density at radius 2 is 2.04 bits per heavy atom. The van der Waals surface area contributed by atoms with Crippen molar-refractivity contribution in [3.63, 3.8) is 0 Å². The lowest BCUT2D eigenvalue weighted by Crippen LogP contribution is -2.45. The number of fused-ring (bicyclic) bond motifs is 1. The maximum atomic E-state index is 12.6. The molecule has 1 aromatic carbocycles. The zero-order valence-corrected chi connectivity index (χ0v) is 15.8. The molecule has 10 heteroatoms. The first kappa shape index (κ1) is 18.5. The van der Waals surface area contributed by atoms with Crippen LogP contribution in [0.2, 0.25) is 0 Å². The number of nitrogens with one attached hydrogen (secondary N) is 3. The number of para-hydroxylation sites is 1. The Morgan fingerprint density at radius 3 is 2.79 bits per heavy atom. The maximum absolute atomic E-state index is 12.6. The Morgan fingerprint density at radius 1 is 1.25 bits per heavy atom. The second-order valence-corrected chi connectivity index (χ2v) is 9.39. The molecule has 2 unspecified atom stereocenters. The molecule has 0 bridgehead atoms. The van der Waals surface area contributed by atoms with Gasteiger partial charge in [0.05, 0.1) is 11.5 Å². The van der Waals surface area contributed by atoms with Crippen LogP contribution in [0.1, 0.15) is 12.0 Å². The highest BCUT2D eigenvalue weighted by Gasteiger charge is 2.39. The van der Waals surface area contributed by atoms with Gasteiger partial charge < -0.3 is 15.6 Å². The van der Waals surface area contributed by atoms with E-state index in [0.717, 1.165) is 21.4 Å². The van der Waals surface area contributed by atoms with E-state index < -0.39 is 46.3 Å². The summed E-state index contributed by atoms with van der Waals surface area (Å²) in [5, 5.41) is 6.18. The Bertz CT molecular complexity index is 1060. The van der Waals surface area contributed by atoms with E-state index >= 15 is 0 Å². The molecule has 2 saturated heterocycles. The van der Waals surface area contributed by atoms with E-state index in [9.17, 15) is 22.8 Å². The van der Waals surface area contributed by atoms with Gasteiger partial charge in [0.1, 0.15) is 12.6 Å². The van der Waals surface area contributed by atoms with Gasteiger partial charge in [-0.1, -0.05) is 18.2 Å². The number of benzene rings is 1. The highest BCUT2D eigenvalue weighted by Crippen LogP contribution is 2.21. The van der Waals surface area contributed by atoms with Crippen molar-refractivity contribution in [1.82, 2.24) is 20.5 Å². The predicted molar refractivity (Wildman–Crippen MR) is 101 cm³/mol. The van der Waals surface area contributed by atoms with Crippen LogP contribution in [0.15, 0.2) is 30.5 Å². The lowest BCUT2D eigenvalue weighted by Gasteiger charge is -2.15. The smallest absolute Gasteiger partial charge is 0.325 e. The van der Waals surface area contributed by atoms with Crippen molar-refractivity contribution in [2.75, 3.05) is 18.1 Å². The van der Waals surface area contributed by atoms with Crippen molar-refractivity contribution in [3.05, 3.63) is 36.0 Å². The fraction of sp³-hybridized carbons (Fsp3) is 0.389. The normalized spacial score (nSPS) is 23.9. The summed E-state index contributed by atoms with van der Waals surface area (Å²) in [5.41, 5.74) is 1.84. The number of amides is 4. The van der Waals surface area contributed by atoms with Crippen LogP contribution in [0.3, 0.4) is 0 Å². The second-order valence-electron chi connectivity index (χ2n) is 7.16. The molecule has 2 fully saturated rings. The average molecular weight is 404 g/mol. The molecule has 0 aliphatic carbocycles. The van der Waals surface area contributed by atoms with Crippen LogP contribution < -0.4 is 10.6 Å². The molecule has 2 aliphatic heterocycles. The van der Waals surface area contributed by atoms with Crippen molar-refractivity contribution < 1.29 is 22.8 Å². The quantitative estimate of drug-likeness (QED) is 0.601. The van der Waals surface area contributed by atoms with Gasteiger partial charge in [-0.05, 0) is 18.1 Å². The number of urea groups is 1. The molecule has 2 aliphatic rings. The summed E-state index contributed by atoms with van der Waals surface area (Å²) in [6.07, 6.45) is 2.46. The summed E-state index contributed by atoms with van der Waals surface area (Å²) in [5.74, 6) is -1.08. The number of hydrogen-bond donors (Lipinski definition) is 3. The molecule has 3 N–H and O–H groups in total. The van der Waals surface area contributed by atoms with E-state index in [1.54, 1.807) is 6.20 Å². The van der Waals surface area contributed by atoms with Crippen LogP contribution in [0.4, 0.5) is 4.79 Å². The summed E-state index contributed by atoms with van der Waals surface area (Å²) in [4.78, 5) is 41.0.